The van der Waals surface area contributed by atoms with Crippen molar-refractivity contribution in [2.75, 3.05) is 33.8 Å². The van der Waals surface area contributed by atoms with Crippen LogP contribution in [-0.4, -0.2) is 50.7 Å². The van der Waals surface area contributed by atoms with Gasteiger partial charge in [0.1, 0.15) is 0 Å². The maximum Gasteiger partial charge on any atom is 0.222 e. The number of hydrogen-bond donors (Lipinski definition) is 1. The van der Waals surface area contributed by atoms with Crippen LogP contribution in [0.25, 0.3) is 0 Å². The predicted molar refractivity (Wildman–Crippen MR) is 61.9 cm³/mol. The molecule has 1 amide bonds. The van der Waals surface area contributed by atoms with Gasteiger partial charge >= 0.3 is 0 Å². The van der Waals surface area contributed by atoms with E-state index < -0.39 is 0 Å². The summed E-state index contributed by atoms with van der Waals surface area (Å²) in [5.74, 6) is 0.0782. The molecule has 0 saturated carbocycles. The summed E-state index contributed by atoms with van der Waals surface area (Å²) in [6, 6.07) is 0. The van der Waals surface area contributed by atoms with Gasteiger partial charge < -0.3 is 15.0 Å². The molecule has 0 spiro atoms. The van der Waals surface area contributed by atoms with Gasteiger partial charge in [0.25, 0.3) is 0 Å². The van der Waals surface area contributed by atoms with Crippen molar-refractivity contribution in [1.82, 2.24) is 10.2 Å². The molecule has 0 saturated heterocycles. The van der Waals surface area contributed by atoms with Crippen LogP contribution < -0.4 is 5.32 Å². The number of rotatable bonds is 8. The van der Waals surface area contributed by atoms with Crippen LogP contribution in [-0.2, 0) is 9.53 Å². The molecule has 0 aliphatic heterocycles. The second kappa shape index (κ2) is 8.68. The van der Waals surface area contributed by atoms with E-state index in [-0.39, 0.29) is 12.0 Å². The van der Waals surface area contributed by atoms with Crippen molar-refractivity contribution in [2.24, 2.45) is 0 Å². The quantitative estimate of drug-likeness (QED) is 0.612. The second-order valence-corrected chi connectivity index (χ2v) is 4.18. The summed E-state index contributed by atoms with van der Waals surface area (Å²) >= 11 is 0. The maximum atomic E-state index is 11.3. The van der Waals surface area contributed by atoms with Gasteiger partial charge in [-0.25, -0.2) is 0 Å². The molecule has 0 atom stereocenters. The average Bonchev–Trinajstić information content (AvgIpc) is 2.11. The summed E-state index contributed by atoms with van der Waals surface area (Å²) in [5, 5.41) is 2.87. The zero-order chi connectivity index (χ0) is 11.7. The summed E-state index contributed by atoms with van der Waals surface area (Å²) in [6.45, 7) is 6.20. The first kappa shape index (κ1) is 14.4. The molecule has 0 rings (SSSR count). The lowest BCUT2D eigenvalue weighted by Gasteiger charge is -2.10. The summed E-state index contributed by atoms with van der Waals surface area (Å²) in [4.78, 5) is 13.4. The highest BCUT2D eigenvalue weighted by molar-refractivity contribution is 5.75. The van der Waals surface area contributed by atoms with Crippen LogP contribution in [0.4, 0.5) is 0 Å². The van der Waals surface area contributed by atoms with Crippen molar-refractivity contribution in [1.29, 1.82) is 0 Å². The van der Waals surface area contributed by atoms with Crippen LogP contribution in [0.3, 0.4) is 0 Å². The summed E-state index contributed by atoms with van der Waals surface area (Å²) in [7, 11) is 4.05. The van der Waals surface area contributed by atoms with Gasteiger partial charge in [0.05, 0.1) is 12.7 Å². The Morgan fingerprint density at radius 1 is 1.40 bits per heavy atom. The molecule has 0 unspecified atom stereocenters. The van der Waals surface area contributed by atoms with E-state index in [0.717, 1.165) is 19.5 Å². The number of carbonyl (C=O) groups excluding carboxylic acids is 1. The first-order valence-corrected chi connectivity index (χ1v) is 5.55. The Bertz CT molecular complexity index is 170. The van der Waals surface area contributed by atoms with Crippen molar-refractivity contribution in [3.63, 3.8) is 0 Å². The minimum Gasteiger partial charge on any atom is -0.378 e. The van der Waals surface area contributed by atoms with Crippen molar-refractivity contribution >= 4 is 5.91 Å². The van der Waals surface area contributed by atoms with E-state index in [2.05, 4.69) is 10.2 Å². The summed E-state index contributed by atoms with van der Waals surface area (Å²) in [6.07, 6.45) is 1.65. The molecular formula is C11H24N2O2. The number of nitrogens with one attached hydrogen (secondary N) is 1. The van der Waals surface area contributed by atoms with Gasteiger partial charge in [-0.3, -0.25) is 4.79 Å². The molecule has 0 aliphatic rings. The molecule has 0 aromatic rings. The Morgan fingerprint density at radius 3 is 2.60 bits per heavy atom. The SMILES string of the molecule is CC(C)OCCC(=O)NCCCN(C)C. The third-order valence-electron chi connectivity index (χ3n) is 1.88. The van der Waals surface area contributed by atoms with E-state index in [4.69, 9.17) is 4.74 Å². The van der Waals surface area contributed by atoms with Gasteiger partial charge in [-0.2, -0.15) is 0 Å². The molecule has 0 aromatic heterocycles. The Kier molecular flexibility index (Phi) is 8.33. The third-order valence-corrected chi connectivity index (χ3v) is 1.88. The third kappa shape index (κ3) is 11.3. The van der Waals surface area contributed by atoms with E-state index in [0.29, 0.717) is 13.0 Å². The highest BCUT2D eigenvalue weighted by Gasteiger charge is 2.01. The highest BCUT2D eigenvalue weighted by atomic mass is 16.5. The van der Waals surface area contributed by atoms with Gasteiger partial charge in [0, 0.05) is 13.0 Å². The molecule has 0 heterocycles. The van der Waals surface area contributed by atoms with Crippen molar-refractivity contribution in [2.45, 2.75) is 32.8 Å². The maximum absolute atomic E-state index is 11.3. The van der Waals surface area contributed by atoms with E-state index in [1.807, 2.05) is 27.9 Å². The molecule has 0 fully saturated rings. The lowest BCUT2D eigenvalue weighted by Crippen LogP contribution is -2.28. The summed E-state index contributed by atoms with van der Waals surface area (Å²) < 4.78 is 5.29. The first-order valence-electron chi connectivity index (χ1n) is 5.55. The molecule has 0 bridgehead atoms. The summed E-state index contributed by atoms with van der Waals surface area (Å²) in [5.41, 5.74) is 0. The molecule has 90 valence electrons. The topological polar surface area (TPSA) is 41.6 Å². The van der Waals surface area contributed by atoms with Crippen molar-refractivity contribution in [3.8, 4) is 0 Å². The zero-order valence-corrected chi connectivity index (χ0v) is 10.4. The smallest absolute Gasteiger partial charge is 0.222 e. The Balaban J connectivity index is 3.26. The molecule has 15 heavy (non-hydrogen) atoms. The van der Waals surface area contributed by atoms with E-state index in [1.165, 1.54) is 0 Å². The van der Waals surface area contributed by atoms with Crippen molar-refractivity contribution < 1.29 is 9.53 Å². The zero-order valence-electron chi connectivity index (χ0n) is 10.4. The van der Waals surface area contributed by atoms with Crippen LogP contribution in [0.2, 0.25) is 0 Å². The van der Waals surface area contributed by atoms with Gasteiger partial charge in [0.2, 0.25) is 5.91 Å². The fraction of sp³-hybridized carbons (Fsp3) is 0.909. The minimum atomic E-state index is 0.0782. The number of ether oxygens (including phenoxy) is 1. The van der Waals surface area contributed by atoms with Gasteiger partial charge in [-0.15, -0.1) is 0 Å². The largest absolute Gasteiger partial charge is 0.378 e. The van der Waals surface area contributed by atoms with E-state index in [1.54, 1.807) is 0 Å². The number of nitrogens with zero attached hydrogens (tertiary/aromatic N) is 1. The molecule has 0 aliphatic carbocycles. The number of carbonyl (C=O) groups is 1. The lowest BCUT2D eigenvalue weighted by atomic mass is 10.3. The molecule has 0 aromatic carbocycles. The van der Waals surface area contributed by atoms with Crippen LogP contribution in [0.15, 0.2) is 0 Å². The van der Waals surface area contributed by atoms with Crippen LogP contribution in [0, 0.1) is 0 Å². The van der Waals surface area contributed by atoms with E-state index >= 15 is 0 Å². The van der Waals surface area contributed by atoms with Crippen LogP contribution >= 0.6 is 0 Å². The molecule has 1 N–H and O–H groups in total. The second-order valence-electron chi connectivity index (χ2n) is 4.18. The molecular weight excluding hydrogens is 192 g/mol. The molecule has 0 radical (unpaired) electrons. The fourth-order valence-electron chi connectivity index (χ4n) is 1.10. The molecule has 4 heteroatoms. The highest BCUT2D eigenvalue weighted by Crippen LogP contribution is 1.90. The molecule has 4 nitrogen and oxygen atoms in total. The number of amides is 1. The van der Waals surface area contributed by atoms with Gasteiger partial charge in [-0.05, 0) is 40.9 Å². The Labute approximate surface area is 93.0 Å². The first-order chi connectivity index (χ1) is 7.02. The number of hydrogen-bond acceptors (Lipinski definition) is 3. The standard InChI is InChI=1S/C11H24N2O2/c1-10(2)15-9-6-11(14)12-7-5-8-13(3)4/h10H,5-9H2,1-4H3,(H,12,14). The monoisotopic (exact) mass is 216 g/mol. The average molecular weight is 216 g/mol. The van der Waals surface area contributed by atoms with Gasteiger partial charge in [0.15, 0.2) is 0 Å². The fourth-order valence-corrected chi connectivity index (χ4v) is 1.10. The van der Waals surface area contributed by atoms with Gasteiger partial charge in [-0.1, -0.05) is 0 Å². The van der Waals surface area contributed by atoms with Crippen LogP contribution in [0.1, 0.15) is 26.7 Å². The minimum absolute atomic E-state index is 0.0782. The predicted octanol–water partition coefficient (Wildman–Crippen LogP) is 0.869. The Morgan fingerprint density at radius 2 is 2.07 bits per heavy atom. The Hall–Kier alpha value is -0.610. The van der Waals surface area contributed by atoms with Crippen molar-refractivity contribution in [3.05, 3.63) is 0 Å². The van der Waals surface area contributed by atoms with E-state index in [9.17, 15) is 4.79 Å². The van der Waals surface area contributed by atoms with Crippen LogP contribution in [0.5, 0.6) is 0 Å². The lowest BCUT2D eigenvalue weighted by molar-refractivity contribution is -0.122. The normalized spacial score (nSPS) is 11.1.